The second kappa shape index (κ2) is 5.94. The summed E-state index contributed by atoms with van der Waals surface area (Å²) in [5, 5.41) is 11.0. The lowest BCUT2D eigenvalue weighted by Gasteiger charge is -2.18. The number of non-ortho nitro benzene ring substituents is 1. The van der Waals surface area contributed by atoms with Crippen LogP contribution in [0.5, 0.6) is 0 Å². The summed E-state index contributed by atoms with van der Waals surface area (Å²) in [4.78, 5) is 38.5. The number of nitro benzene ring substituents is 1. The molecule has 0 fully saturated rings. The smallest absolute Gasteiger partial charge is 0.271 e. The lowest BCUT2D eigenvalue weighted by Crippen LogP contribution is -2.29. The van der Waals surface area contributed by atoms with Gasteiger partial charge >= 0.3 is 0 Å². The average molecular weight is 351 g/mol. The van der Waals surface area contributed by atoms with E-state index in [2.05, 4.69) is 0 Å². The van der Waals surface area contributed by atoms with Gasteiger partial charge in [-0.2, -0.15) is 0 Å². The zero-order valence-corrected chi connectivity index (χ0v) is 14.3. The first-order valence-corrected chi connectivity index (χ1v) is 8.46. The van der Waals surface area contributed by atoms with Gasteiger partial charge in [0.1, 0.15) is 0 Å². The standard InChI is InChI=1S/C19H17N3O4/c1-12(23)20-8-7-14-10-15(3-5-17(14)20)19(24)21-9-6-13-2-4-16(22(25)26)11-18(13)21/h2-5,10-11H,6-9H2,1H3. The van der Waals surface area contributed by atoms with Crippen LogP contribution in [0, 0.1) is 10.1 Å². The molecule has 0 aromatic heterocycles. The van der Waals surface area contributed by atoms with Crippen LogP contribution < -0.4 is 9.80 Å². The van der Waals surface area contributed by atoms with Crippen LogP contribution in [0.2, 0.25) is 0 Å². The van der Waals surface area contributed by atoms with E-state index in [0.717, 1.165) is 23.2 Å². The van der Waals surface area contributed by atoms with Crippen LogP contribution in [-0.2, 0) is 17.6 Å². The van der Waals surface area contributed by atoms with Gasteiger partial charge in [-0.1, -0.05) is 6.07 Å². The largest absolute Gasteiger partial charge is 0.312 e. The highest BCUT2D eigenvalue weighted by molar-refractivity contribution is 6.08. The Hall–Kier alpha value is -3.22. The number of fused-ring (bicyclic) bond motifs is 2. The summed E-state index contributed by atoms with van der Waals surface area (Å²) in [7, 11) is 0. The van der Waals surface area contributed by atoms with Crippen LogP contribution in [0.15, 0.2) is 36.4 Å². The van der Waals surface area contributed by atoms with Crippen LogP contribution in [0.3, 0.4) is 0 Å². The molecule has 0 bridgehead atoms. The fourth-order valence-corrected chi connectivity index (χ4v) is 3.71. The number of amides is 2. The molecule has 7 nitrogen and oxygen atoms in total. The van der Waals surface area contributed by atoms with Crippen molar-refractivity contribution in [2.24, 2.45) is 0 Å². The van der Waals surface area contributed by atoms with E-state index in [4.69, 9.17) is 0 Å². The minimum Gasteiger partial charge on any atom is -0.312 e. The lowest BCUT2D eigenvalue weighted by molar-refractivity contribution is -0.384. The molecule has 0 N–H and O–H groups in total. The molecule has 26 heavy (non-hydrogen) atoms. The quantitative estimate of drug-likeness (QED) is 0.615. The Balaban J connectivity index is 1.66. The van der Waals surface area contributed by atoms with Gasteiger partial charge < -0.3 is 9.80 Å². The van der Waals surface area contributed by atoms with Gasteiger partial charge in [0, 0.05) is 43.4 Å². The van der Waals surface area contributed by atoms with E-state index >= 15 is 0 Å². The van der Waals surface area contributed by atoms with Crippen molar-refractivity contribution in [2.45, 2.75) is 19.8 Å². The topological polar surface area (TPSA) is 83.8 Å². The highest BCUT2D eigenvalue weighted by Crippen LogP contribution is 2.34. The molecule has 0 unspecified atom stereocenters. The van der Waals surface area contributed by atoms with Crippen molar-refractivity contribution in [1.82, 2.24) is 0 Å². The van der Waals surface area contributed by atoms with Crippen LogP contribution in [0.1, 0.15) is 28.4 Å². The molecule has 0 atom stereocenters. The number of benzene rings is 2. The number of nitro groups is 1. The molecule has 2 aliphatic rings. The molecule has 0 radical (unpaired) electrons. The first-order chi connectivity index (χ1) is 12.5. The van der Waals surface area contributed by atoms with Gasteiger partial charge in [-0.05, 0) is 42.2 Å². The third-order valence-corrected chi connectivity index (χ3v) is 5.02. The molecule has 132 valence electrons. The summed E-state index contributed by atoms with van der Waals surface area (Å²) >= 11 is 0. The molecule has 2 heterocycles. The normalized spacial score (nSPS) is 15.0. The molecule has 0 spiro atoms. The Bertz CT molecular complexity index is 954. The number of carbonyl (C=O) groups is 2. The van der Waals surface area contributed by atoms with Crippen molar-refractivity contribution in [1.29, 1.82) is 0 Å². The van der Waals surface area contributed by atoms with Gasteiger partial charge in [0.2, 0.25) is 5.91 Å². The molecule has 2 aromatic rings. The Morgan fingerprint density at radius 3 is 2.42 bits per heavy atom. The summed E-state index contributed by atoms with van der Waals surface area (Å²) in [5.41, 5.74) is 3.89. The fraction of sp³-hybridized carbons (Fsp3) is 0.263. The number of nitrogens with zero attached hydrogens (tertiary/aromatic N) is 3. The van der Waals surface area contributed by atoms with E-state index in [0.29, 0.717) is 30.8 Å². The second-order valence-corrected chi connectivity index (χ2v) is 6.54. The van der Waals surface area contributed by atoms with Crippen molar-refractivity contribution in [2.75, 3.05) is 22.9 Å². The van der Waals surface area contributed by atoms with Gasteiger partial charge in [0.25, 0.3) is 11.6 Å². The zero-order valence-electron chi connectivity index (χ0n) is 14.3. The van der Waals surface area contributed by atoms with Crippen LogP contribution in [0.25, 0.3) is 0 Å². The highest BCUT2D eigenvalue weighted by atomic mass is 16.6. The first-order valence-electron chi connectivity index (χ1n) is 8.46. The van der Waals surface area contributed by atoms with Crippen LogP contribution >= 0.6 is 0 Å². The highest BCUT2D eigenvalue weighted by Gasteiger charge is 2.29. The Morgan fingerprint density at radius 2 is 1.69 bits per heavy atom. The van der Waals surface area contributed by atoms with Gasteiger partial charge in [0.05, 0.1) is 10.6 Å². The number of hydrogen-bond donors (Lipinski definition) is 0. The minimum absolute atomic E-state index is 0.0105. The average Bonchev–Trinajstić information content (AvgIpc) is 3.23. The summed E-state index contributed by atoms with van der Waals surface area (Å²) in [6, 6.07) is 10.0. The number of anilines is 2. The molecule has 0 aliphatic carbocycles. The van der Waals surface area contributed by atoms with E-state index in [-0.39, 0.29) is 17.5 Å². The van der Waals surface area contributed by atoms with E-state index in [9.17, 15) is 19.7 Å². The van der Waals surface area contributed by atoms with Crippen LogP contribution in [0.4, 0.5) is 17.1 Å². The molecule has 2 aromatic carbocycles. The maximum Gasteiger partial charge on any atom is 0.271 e. The number of carbonyl (C=O) groups excluding carboxylic acids is 2. The van der Waals surface area contributed by atoms with Crippen molar-refractivity contribution in [3.05, 3.63) is 63.2 Å². The third kappa shape index (κ3) is 2.52. The number of rotatable bonds is 2. The zero-order chi connectivity index (χ0) is 18.4. The second-order valence-electron chi connectivity index (χ2n) is 6.54. The fourth-order valence-electron chi connectivity index (χ4n) is 3.71. The summed E-state index contributed by atoms with van der Waals surface area (Å²) in [6.07, 6.45) is 1.40. The predicted molar refractivity (Wildman–Crippen MR) is 96.6 cm³/mol. The van der Waals surface area contributed by atoms with Gasteiger partial charge in [0.15, 0.2) is 0 Å². The summed E-state index contributed by atoms with van der Waals surface area (Å²) in [5.74, 6) is -0.183. The Kier molecular flexibility index (Phi) is 3.72. The van der Waals surface area contributed by atoms with Crippen molar-refractivity contribution >= 4 is 28.9 Å². The molecule has 4 rings (SSSR count). The predicted octanol–water partition coefficient (Wildman–Crippen LogP) is 2.71. The maximum absolute atomic E-state index is 13.0. The van der Waals surface area contributed by atoms with Crippen molar-refractivity contribution in [3.8, 4) is 0 Å². The van der Waals surface area contributed by atoms with E-state index in [1.54, 1.807) is 28.0 Å². The summed E-state index contributed by atoms with van der Waals surface area (Å²) in [6.45, 7) is 2.66. The van der Waals surface area contributed by atoms with E-state index in [1.807, 2.05) is 6.07 Å². The van der Waals surface area contributed by atoms with E-state index < -0.39 is 4.92 Å². The molecule has 2 aliphatic heterocycles. The molecule has 0 saturated heterocycles. The molecule has 7 heteroatoms. The monoisotopic (exact) mass is 351 g/mol. The lowest BCUT2D eigenvalue weighted by atomic mass is 10.1. The summed E-state index contributed by atoms with van der Waals surface area (Å²) < 4.78 is 0. The first kappa shape index (κ1) is 16.3. The molecule has 0 saturated carbocycles. The minimum atomic E-state index is -0.451. The Labute approximate surface area is 150 Å². The Morgan fingerprint density at radius 1 is 0.962 bits per heavy atom. The number of hydrogen-bond acceptors (Lipinski definition) is 4. The van der Waals surface area contributed by atoms with E-state index in [1.165, 1.54) is 19.1 Å². The van der Waals surface area contributed by atoms with Gasteiger partial charge in [-0.15, -0.1) is 0 Å². The maximum atomic E-state index is 13.0. The molecule has 2 amide bonds. The van der Waals surface area contributed by atoms with Gasteiger partial charge in [-0.25, -0.2) is 0 Å². The van der Waals surface area contributed by atoms with Crippen molar-refractivity contribution < 1.29 is 14.5 Å². The van der Waals surface area contributed by atoms with Crippen molar-refractivity contribution in [3.63, 3.8) is 0 Å². The SMILES string of the molecule is CC(=O)N1CCc2cc(C(=O)N3CCc4ccc([N+](=O)[O-])cc43)ccc21. The van der Waals surface area contributed by atoms with Gasteiger partial charge in [-0.3, -0.25) is 19.7 Å². The molecular weight excluding hydrogens is 334 g/mol. The third-order valence-electron chi connectivity index (χ3n) is 5.02. The van der Waals surface area contributed by atoms with Crippen LogP contribution in [-0.4, -0.2) is 29.8 Å². The molecular formula is C19H17N3O4.